The lowest BCUT2D eigenvalue weighted by Gasteiger charge is -2.24. The molecule has 7 heteroatoms. The third-order valence-electron chi connectivity index (χ3n) is 5.25. The Hall–Kier alpha value is -3.32. The van der Waals surface area contributed by atoms with E-state index in [1.807, 2.05) is 32.9 Å². The van der Waals surface area contributed by atoms with E-state index in [4.69, 9.17) is 4.74 Å². The molecule has 0 unspecified atom stereocenters. The summed E-state index contributed by atoms with van der Waals surface area (Å²) in [4.78, 5) is 13.1. The molecule has 0 atom stereocenters. The fourth-order valence-corrected chi connectivity index (χ4v) is 4.82. The Morgan fingerprint density at radius 3 is 2.00 bits per heavy atom. The molecule has 34 heavy (non-hydrogen) atoms. The summed E-state index contributed by atoms with van der Waals surface area (Å²) in [6.45, 7) is 9.55. The first-order valence-electron chi connectivity index (χ1n) is 11.3. The van der Waals surface area contributed by atoms with Crippen LogP contribution in [-0.4, -0.2) is 27.0 Å². The summed E-state index contributed by atoms with van der Waals surface area (Å²) in [5.74, 6) is 0.560. The number of hydrogen-bond donors (Lipinski definition) is 1. The largest absolute Gasteiger partial charge is 0.491 e. The van der Waals surface area contributed by atoms with Gasteiger partial charge in [0, 0.05) is 5.69 Å². The van der Waals surface area contributed by atoms with Gasteiger partial charge in [-0.25, -0.2) is 8.42 Å². The van der Waals surface area contributed by atoms with Gasteiger partial charge in [0.2, 0.25) is 5.91 Å². The Balaban J connectivity index is 1.87. The SMILES string of the molecule is Cc1ccc(S(=O)(=O)N(CC(=O)Nc2ccc(OC(C)C)cc2)c2ccc(C(C)C)cc2)cc1. The van der Waals surface area contributed by atoms with Crippen LogP contribution < -0.4 is 14.4 Å². The number of anilines is 2. The zero-order valence-electron chi connectivity index (χ0n) is 20.3. The maximum absolute atomic E-state index is 13.5. The van der Waals surface area contributed by atoms with Gasteiger partial charge in [0.25, 0.3) is 10.0 Å². The molecule has 3 rings (SSSR count). The molecule has 0 aliphatic carbocycles. The van der Waals surface area contributed by atoms with Gasteiger partial charge in [0.15, 0.2) is 0 Å². The van der Waals surface area contributed by atoms with Crippen LogP contribution in [0.1, 0.15) is 44.7 Å². The molecule has 0 saturated carbocycles. The number of sulfonamides is 1. The number of hydrogen-bond acceptors (Lipinski definition) is 4. The van der Waals surface area contributed by atoms with Crippen molar-refractivity contribution in [3.05, 3.63) is 83.9 Å². The van der Waals surface area contributed by atoms with Gasteiger partial charge in [-0.2, -0.15) is 0 Å². The standard InChI is InChI=1S/C27H32N2O4S/c1-19(2)22-8-12-24(13-9-22)29(34(31,32)26-16-6-21(5)7-17-26)18-27(30)28-23-10-14-25(15-11-23)33-20(3)4/h6-17,19-20H,18H2,1-5H3,(H,28,30). The van der Waals surface area contributed by atoms with Crippen molar-refractivity contribution >= 4 is 27.3 Å². The van der Waals surface area contributed by atoms with Crippen molar-refractivity contribution in [3.8, 4) is 5.75 Å². The van der Waals surface area contributed by atoms with Crippen LogP contribution in [0.4, 0.5) is 11.4 Å². The molecule has 1 N–H and O–H groups in total. The number of amides is 1. The summed E-state index contributed by atoms with van der Waals surface area (Å²) in [7, 11) is -3.96. The molecule has 0 aliphatic rings. The first kappa shape index (κ1) is 25.3. The fraction of sp³-hybridized carbons (Fsp3) is 0.296. The van der Waals surface area contributed by atoms with Crippen LogP contribution in [-0.2, 0) is 14.8 Å². The molecule has 3 aromatic carbocycles. The monoisotopic (exact) mass is 480 g/mol. The molecule has 0 aliphatic heterocycles. The lowest BCUT2D eigenvalue weighted by atomic mass is 10.0. The second-order valence-electron chi connectivity index (χ2n) is 8.81. The highest BCUT2D eigenvalue weighted by molar-refractivity contribution is 7.92. The second-order valence-corrected chi connectivity index (χ2v) is 10.7. The fourth-order valence-electron chi connectivity index (χ4n) is 3.40. The Labute approximate surface area is 202 Å². The van der Waals surface area contributed by atoms with E-state index in [2.05, 4.69) is 19.2 Å². The Morgan fingerprint density at radius 1 is 0.882 bits per heavy atom. The van der Waals surface area contributed by atoms with Crippen LogP contribution in [0.25, 0.3) is 0 Å². The molecular weight excluding hydrogens is 448 g/mol. The van der Waals surface area contributed by atoms with Crippen LogP contribution in [0.15, 0.2) is 77.7 Å². The zero-order valence-corrected chi connectivity index (χ0v) is 21.1. The maximum atomic E-state index is 13.5. The molecule has 180 valence electrons. The third-order valence-corrected chi connectivity index (χ3v) is 7.04. The molecular formula is C27H32N2O4S. The number of benzene rings is 3. The molecule has 6 nitrogen and oxygen atoms in total. The van der Waals surface area contributed by atoms with Gasteiger partial charge in [-0.3, -0.25) is 9.10 Å². The summed E-state index contributed by atoms with van der Waals surface area (Å²) in [6.07, 6.45) is 0.0445. The smallest absolute Gasteiger partial charge is 0.264 e. The molecule has 0 heterocycles. The van der Waals surface area contributed by atoms with Gasteiger partial charge in [0.05, 0.1) is 16.7 Å². The van der Waals surface area contributed by atoms with Crippen molar-refractivity contribution in [2.24, 2.45) is 0 Å². The number of nitrogens with zero attached hydrogens (tertiary/aromatic N) is 1. The summed E-state index contributed by atoms with van der Waals surface area (Å²) < 4.78 is 33.8. The lowest BCUT2D eigenvalue weighted by molar-refractivity contribution is -0.114. The molecule has 0 saturated heterocycles. The van der Waals surface area contributed by atoms with Gasteiger partial charge < -0.3 is 10.1 Å². The average Bonchev–Trinajstić information content (AvgIpc) is 2.79. The van der Waals surface area contributed by atoms with Crippen LogP contribution in [0.3, 0.4) is 0 Å². The molecule has 0 radical (unpaired) electrons. The predicted octanol–water partition coefficient (Wildman–Crippen LogP) is 5.74. The highest BCUT2D eigenvalue weighted by Crippen LogP contribution is 2.26. The molecule has 0 bridgehead atoms. The minimum absolute atomic E-state index is 0.0445. The maximum Gasteiger partial charge on any atom is 0.264 e. The lowest BCUT2D eigenvalue weighted by Crippen LogP contribution is -2.38. The van der Waals surface area contributed by atoms with Crippen LogP contribution in [0, 0.1) is 6.92 Å². The van der Waals surface area contributed by atoms with E-state index >= 15 is 0 Å². The highest BCUT2D eigenvalue weighted by Gasteiger charge is 2.27. The predicted molar refractivity (Wildman–Crippen MR) is 137 cm³/mol. The van der Waals surface area contributed by atoms with Crippen molar-refractivity contribution in [2.45, 2.75) is 51.5 Å². The van der Waals surface area contributed by atoms with E-state index in [0.717, 1.165) is 15.4 Å². The number of nitrogens with one attached hydrogen (secondary N) is 1. The number of carbonyl (C=O) groups is 1. The second kappa shape index (κ2) is 10.7. The number of carbonyl (C=O) groups excluding carboxylic acids is 1. The van der Waals surface area contributed by atoms with E-state index in [-0.39, 0.29) is 17.5 Å². The number of ether oxygens (including phenoxy) is 1. The van der Waals surface area contributed by atoms with Crippen molar-refractivity contribution in [3.63, 3.8) is 0 Å². The van der Waals surface area contributed by atoms with Crippen molar-refractivity contribution in [1.82, 2.24) is 0 Å². The van der Waals surface area contributed by atoms with Crippen LogP contribution in [0.5, 0.6) is 5.75 Å². The molecule has 1 amide bonds. The van der Waals surface area contributed by atoms with Crippen molar-refractivity contribution in [1.29, 1.82) is 0 Å². The number of rotatable bonds is 9. The van der Waals surface area contributed by atoms with Crippen molar-refractivity contribution in [2.75, 3.05) is 16.2 Å². The van der Waals surface area contributed by atoms with Crippen LogP contribution in [0.2, 0.25) is 0 Å². The number of aryl methyl sites for hydroxylation is 1. The Bertz CT molecular complexity index is 1200. The average molecular weight is 481 g/mol. The Morgan fingerprint density at radius 2 is 1.47 bits per heavy atom. The third kappa shape index (κ3) is 6.38. The highest BCUT2D eigenvalue weighted by atomic mass is 32.2. The van der Waals surface area contributed by atoms with Gasteiger partial charge in [-0.05, 0) is 80.8 Å². The van der Waals surface area contributed by atoms with E-state index in [0.29, 0.717) is 23.0 Å². The molecule has 3 aromatic rings. The normalized spacial score (nSPS) is 11.5. The molecule has 0 spiro atoms. The summed E-state index contributed by atoms with van der Waals surface area (Å²) in [5, 5.41) is 2.78. The van der Waals surface area contributed by atoms with Gasteiger partial charge in [-0.15, -0.1) is 0 Å². The van der Waals surface area contributed by atoms with E-state index < -0.39 is 15.9 Å². The summed E-state index contributed by atoms with van der Waals surface area (Å²) in [6, 6.07) is 20.9. The van der Waals surface area contributed by atoms with Gasteiger partial charge in [0.1, 0.15) is 12.3 Å². The van der Waals surface area contributed by atoms with Gasteiger partial charge in [-0.1, -0.05) is 43.7 Å². The zero-order chi connectivity index (χ0) is 24.9. The molecule has 0 fully saturated rings. The van der Waals surface area contributed by atoms with Crippen molar-refractivity contribution < 1.29 is 17.9 Å². The summed E-state index contributed by atoms with van der Waals surface area (Å²) in [5.41, 5.74) is 3.03. The van der Waals surface area contributed by atoms with Crippen LogP contribution >= 0.6 is 0 Å². The quantitative estimate of drug-likeness (QED) is 0.424. The minimum atomic E-state index is -3.96. The summed E-state index contributed by atoms with van der Waals surface area (Å²) >= 11 is 0. The first-order chi connectivity index (χ1) is 16.1. The van der Waals surface area contributed by atoms with E-state index in [1.165, 1.54) is 0 Å². The Kier molecular flexibility index (Phi) is 7.99. The molecule has 0 aromatic heterocycles. The van der Waals surface area contributed by atoms with Gasteiger partial charge >= 0.3 is 0 Å². The van der Waals surface area contributed by atoms with E-state index in [1.54, 1.807) is 60.7 Å². The first-order valence-corrected chi connectivity index (χ1v) is 12.8. The topological polar surface area (TPSA) is 75.7 Å². The van der Waals surface area contributed by atoms with E-state index in [9.17, 15) is 13.2 Å². The minimum Gasteiger partial charge on any atom is -0.491 e.